The van der Waals surface area contributed by atoms with Gasteiger partial charge in [-0.3, -0.25) is 0 Å². The Bertz CT molecular complexity index is 385. The Labute approximate surface area is 111 Å². The van der Waals surface area contributed by atoms with Crippen molar-refractivity contribution in [2.24, 2.45) is 5.92 Å². The summed E-state index contributed by atoms with van der Waals surface area (Å²) >= 11 is 0. The molecule has 0 bridgehead atoms. The van der Waals surface area contributed by atoms with Crippen molar-refractivity contribution in [1.82, 2.24) is 5.32 Å². The van der Waals surface area contributed by atoms with Crippen LogP contribution in [0.4, 0.5) is 5.69 Å². The molecule has 1 heterocycles. The fourth-order valence-electron chi connectivity index (χ4n) is 2.64. The van der Waals surface area contributed by atoms with E-state index in [1.807, 2.05) is 0 Å². The molecule has 1 aromatic rings. The summed E-state index contributed by atoms with van der Waals surface area (Å²) in [5, 5.41) is 3.53. The van der Waals surface area contributed by atoms with E-state index in [2.05, 4.69) is 49.2 Å². The van der Waals surface area contributed by atoms with Crippen molar-refractivity contribution in [3.05, 3.63) is 29.3 Å². The van der Waals surface area contributed by atoms with E-state index in [-0.39, 0.29) is 0 Å². The van der Waals surface area contributed by atoms with Crippen LogP contribution in [0.1, 0.15) is 31.4 Å². The summed E-state index contributed by atoms with van der Waals surface area (Å²) < 4.78 is 0. The number of hydrogen-bond donors (Lipinski definition) is 1. The van der Waals surface area contributed by atoms with Crippen molar-refractivity contribution in [2.45, 2.75) is 33.6 Å². The molecule has 100 valence electrons. The highest BCUT2D eigenvalue weighted by atomic mass is 15.1. The van der Waals surface area contributed by atoms with Crippen LogP contribution in [0.15, 0.2) is 18.2 Å². The van der Waals surface area contributed by atoms with Crippen LogP contribution in [0.2, 0.25) is 0 Å². The largest absolute Gasteiger partial charge is 0.370 e. The minimum Gasteiger partial charge on any atom is -0.370 e. The Morgan fingerprint density at radius 2 is 2.17 bits per heavy atom. The molecule has 0 spiro atoms. The maximum absolute atomic E-state index is 3.53. The van der Waals surface area contributed by atoms with E-state index >= 15 is 0 Å². The number of aryl methyl sites for hydroxylation is 2. The number of nitrogens with zero attached hydrogens (tertiary/aromatic N) is 1. The van der Waals surface area contributed by atoms with Crippen molar-refractivity contribution in [2.75, 3.05) is 31.1 Å². The number of anilines is 1. The molecule has 1 aromatic carbocycles. The van der Waals surface area contributed by atoms with Crippen molar-refractivity contribution in [1.29, 1.82) is 0 Å². The lowest BCUT2D eigenvalue weighted by Crippen LogP contribution is -2.36. The van der Waals surface area contributed by atoms with Gasteiger partial charge in [-0.2, -0.15) is 0 Å². The zero-order chi connectivity index (χ0) is 13.0. The van der Waals surface area contributed by atoms with E-state index in [9.17, 15) is 0 Å². The van der Waals surface area contributed by atoms with Crippen LogP contribution in [0.3, 0.4) is 0 Å². The maximum Gasteiger partial charge on any atom is 0.0399 e. The summed E-state index contributed by atoms with van der Waals surface area (Å²) in [5.41, 5.74) is 4.37. The normalized spacial score (nSPS) is 15.0. The molecule has 2 rings (SSSR count). The second kappa shape index (κ2) is 6.24. The second-order valence-electron chi connectivity index (χ2n) is 5.82. The van der Waals surface area contributed by atoms with Gasteiger partial charge in [0.1, 0.15) is 0 Å². The predicted octanol–water partition coefficient (Wildman–Crippen LogP) is 2.99. The number of fused-ring (bicyclic) bond motifs is 1. The molecule has 2 nitrogen and oxygen atoms in total. The Morgan fingerprint density at radius 3 is 2.94 bits per heavy atom. The molecular weight excluding hydrogens is 220 g/mol. The van der Waals surface area contributed by atoms with Crippen LogP contribution in [-0.4, -0.2) is 26.2 Å². The SMILES string of the molecule is Cc1ccc2c(c1)CCCN2CCNCC(C)C. The zero-order valence-electron chi connectivity index (χ0n) is 12.0. The van der Waals surface area contributed by atoms with E-state index in [1.54, 1.807) is 0 Å². The van der Waals surface area contributed by atoms with Gasteiger partial charge >= 0.3 is 0 Å². The van der Waals surface area contributed by atoms with Gasteiger partial charge < -0.3 is 10.2 Å². The summed E-state index contributed by atoms with van der Waals surface area (Å²) in [7, 11) is 0. The first kappa shape index (κ1) is 13.4. The third-order valence-corrected chi connectivity index (χ3v) is 3.56. The second-order valence-corrected chi connectivity index (χ2v) is 5.82. The van der Waals surface area contributed by atoms with E-state index in [1.165, 1.54) is 36.2 Å². The van der Waals surface area contributed by atoms with Crippen molar-refractivity contribution in [3.63, 3.8) is 0 Å². The Balaban J connectivity index is 1.91. The minimum absolute atomic E-state index is 0.737. The topological polar surface area (TPSA) is 15.3 Å². The van der Waals surface area contributed by atoms with Gasteiger partial charge in [0.2, 0.25) is 0 Å². The van der Waals surface area contributed by atoms with Gasteiger partial charge in [0, 0.05) is 25.3 Å². The molecule has 1 N–H and O–H groups in total. The van der Waals surface area contributed by atoms with Crippen LogP contribution in [0.25, 0.3) is 0 Å². The molecule has 1 aliphatic rings. The summed E-state index contributed by atoms with van der Waals surface area (Å²) in [6.45, 7) is 11.2. The van der Waals surface area contributed by atoms with Gasteiger partial charge in [0.25, 0.3) is 0 Å². The number of benzene rings is 1. The van der Waals surface area contributed by atoms with Gasteiger partial charge in [0.05, 0.1) is 0 Å². The number of nitrogens with one attached hydrogen (secondary N) is 1. The van der Waals surface area contributed by atoms with Crippen molar-refractivity contribution >= 4 is 5.69 Å². The molecule has 0 radical (unpaired) electrons. The standard InChI is InChI=1S/C16H26N2/c1-13(2)12-17-8-10-18-9-4-5-15-11-14(3)6-7-16(15)18/h6-7,11,13,17H,4-5,8-10,12H2,1-3H3. The average molecular weight is 246 g/mol. The van der Waals surface area contributed by atoms with Gasteiger partial charge in [-0.05, 0) is 43.9 Å². The Hall–Kier alpha value is -1.02. The van der Waals surface area contributed by atoms with Gasteiger partial charge in [-0.25, -0.2) is 0 Å². The maximum atomic E-state index is 3.53. The molecule has 1 aliphatic heterocycles. The monoisotopic (exact) mass is 246 g/mol. The molecule has 0 unspecified atom stereocenters. The Kier molecular flexibility index (Phi) is 4.65. The van der Waals surface area contributed by atoms with E-state index < -0.39 is 0 Å². The fourth-order valence-corrected chi connectivity index (χ4v) is 2.64. The van der Waals surface area contributed by atoms with Gasteiger partial charge in [0.15, 0.2) is 0 Å². The first-order valence-corrected chi connectivity index (χ1v) is 7.22. The number of rotatable bonds is 5. The van der Waals surface area contributed by atoms with Crippen molar-refractivity contribution < 1.29 is 0 Å². The smallest absolute Gasteiger partial charge is 0.0399 e. The summed E-state index contributed by atoms with van der Waals surface area (Å²) in [6.07, 6.45) is 2.54. The molecule has 18 heavy (non-hydrogen) atoms. The predicted molar refractivity (Wildman–Crippen MR) is 79.4 cm³/mol. The summed E-state index contributed by atoms with van der Waals surface area (Å²) in [4.78, 5) is 2.53. The lowest BCUT2D eigenvalue weighted by Gasteiger charge is -2.31. The lowest BCUT2D eigenvalue weighted by molar-refractivity contribution is 0.546. The molecule has 0 fully saturated rings. The molecular formula is C16H26N2. The highest BCUT2D eigenvalue weighted by molar-refractivity contribution is 5.56. The minimum atomic E-state index is 0.737. The molecule has 2 heteroatoms. The lowest BCUT2D eigenvalue weighted by atomic mass is 9.99. The molecule has 0 saturated carbocycles. The quantitative estimate of drug-likeness (QED) is 0.804. The molecule has 0 atom stereocenters. The first-order chi connectivity index (χ1) is 8.66. The third kappa shape index (κ3) is 3.49. The summed E-state index contributed by atoms with van der Waals surface area (Å²) in [5.74, 6) is 0.737. The van der Waals surface area contributed by atoms with Crippen LogP contribution in [0.5, 0.6) is 0 Å². The average Bonchev–Trinajstić information content (AvgIpc) is 2.34. The summed E-state index contributed by atoms with van der Waals surface area (Å²) in [6, 6.07) is 6.88. The van der Waals surface area contributed by atoms with E-state index in [4.69, 9.17) is 0 Å². The van der Waals surface area contributed by atoms with Gasteiger partial charge in [-0.15, -0.1) is 0 Å². The van der Waals surface area contributed by atoms with Gasteiger partial charge in [-0.1, -0.05) is 31.5 Å². The molecule has 0 aliphatic carbocycles. The third-order valence-electron chi connectivity index (χ3n) is 3.56. The molecule has 0 aromatic heterocycles. The van der Waals surface area contributed by atoms with Crippen molar-refractivity contribution in [3.8, 4) is 0 Å². The zero-order valence-corrected chi connectivity index (χ0v) is 12.0. The first-order valence-electron chi connectivity index (χ1n) is 7.22. The van der Waals surface area contributed by atoms with E-state index in [0.29, 0.717) is 0 Å². The molecule has 0 amide bonds. The highest BCUT2D eigenvalue weighted by Gasteiger charge is 2.15. The van der Waals surface area contributed by atoms with E-state index in [0.717, 1.165) is 25.6 Å². The van der Waals surface area contributed by atoms with Crippen LogP contribution in [0, 0.1) is 12.8 Å². The van der Waals surface area contributed by atoms with Crippen LogP contribution < -0.4 is 10.2 Å². The van der Waals surface area contributed by atoms with Crippen LogP contribution >= 0.6 is 0 Å². The number of hydrogen-bond acceptors (Lipinski definition) is 2. The highest BCUT2D eigenvalue weighted by Crippen LogP contribution is 2.27. The fraction of sp³-hybridized carbons (Fsp3) is 0.625. The molecule has 0 saturated heterocycles. The van der Waals surface area contributed by atoms with Crippen LogP contribution in [-0.2, 0) is 6.42 Å². The Morgan fingerprint density at radius 1 is 1.33 bits per heavy atom.